The lowest BCUT2D eigenvalue weighted by Crippen LogP contribution is -2.70. The average molecular weight is 1350 g/mol. The van der Waals surface area contributed by atoms with Gasteiger partial charge >= 0.3 is 17.9 Å². The number of hydrogen-bond donors (Lipinski definition) is 15. The maximum Gasteiger partial charge on any atom is 0.315 e. The zero-order chi connectivity index (χ0) is 68.5. The number of carbonyl (C=O) groups excluding carboxylic acids is 3. The molecular formula is C64H100O30. The Morgan fingerprint density at radius 3 is 1.86 bits per heavy atom. The quantitative estimate of drug-likeness (QED) is 0.0554. The van der Waals surface area contributed by atoms with Crippen LogP contribution in [0.2, 0.25) is 0 Å². The first-order valence-electron chi connectivity index (χ1n) is 33.2. The molecule has 15 N–H and O–H groups in total. The molecular weight excluding hydrogens is 1250 g/mol. The normalized spacial score (nSPS) is 54.3. The Kier molecular flexibility index (Phi) is 20.5. The van der Waals surface area contributed by atoms with Crippen LogP contribution in [0.3, 0.4) is 0 Å². The molecule has 0 aromatic rings. The van der Waals surface area contributed by atoms with Crippen molar-refractivity contribution in [1.82, 2.24) is 0 Å². The van der Waals surface area contributed by atoms with Gasteiger partial charge in [0.15, 0.2) is 43.5 Å². The lowest BCUT2D eigenvalue weighted by molar-refractivity contribution is -0.377. The van der Waals surface area contributed by atoms with Crippen LogP contribution in [0.4, 0.5) is 0 Å². The minimum atomic E-state index is -2.33. The first-order chi connectivity index (χ1) is 44.0. The number of carbonyl (C=O) groups is 3. The molecule has 536 valence electrons. The van der Waals surface area contributed by atoms with Gasteiger partial charge in [-0.25, -0.2) is 0 Å². The summed E-state index contributed by atoms with van der Waals surface area (Å²) < 4.78 is 72.5. The Hall–Kier alpha value is -2.81. The van der Waals surface area contributed by atoms with E-state index in [1.165, 1.54) is 6.92 Å². The lowest BCUT2D eigenvalue weighted by atomic mass is 9.33. The first kappa shape index (κ1) is 72.4. The predicted octanol–water partition coefficient (Wildman–Crippen LogP) is -3.32. The molecule has 30 nitrogen and oxygen atoms in total. The second-order valence-corrected chi connectivity index (χ2v) is 31.0. The van der Waals surface area contributed by atoms with Crippen molar-refractivity contribution in [2.24, 2.45) is 50.2 Å². The zero-order valence-electron chi connectivity index (χ0n) is 54.4. The topological polar surface area (TPSA) is 465 Å². The molecule has 17 aliphatic rings. The van der Waals surface area contributed by atoms with E-state index in [-0.39, 0.29) is 23.7 Å². The SMILES string of the molecule is C[C@@H]1O[C@H]2O[C@H]3[C@@H](OC[C@H](O)[C@@H]3O)OC(=O)[C@]34CCC(C)(C)C[C@H]3C3=CC[C@@H]5[C@@]6(C)C[C@H](O)[C@H](O[C@@H]7O[C@H](CO)[C@@H](O)[C@H](O)[C@H]7O[C@@H]7OC[C@H](OC(=O)C[C@](C)(O)CC(=O)O[C@@H]1[C@@H](O[C@@H]1O[C@H](CO)[C@@H](O)[C@H](O)[C@H]1O)[C@H]2O)[C@H](O)[C@H]7O)[C@@](C)(CO)[C@@H]6CC[C@@]5(C)[C@]3(C)CC4. The van der Waals surface area contributed by atoms with Crippen molar-refractivity contribution < 1.29 is 148 Å². The molecule has 0 unspecified atom stereocenters. The number of hydrogen-bond acceptors (Lipinski definition) is 30. The van der Waals surface area contributed by atoms with Gasteiger partial charge in [0.25, 0.3) is 0 Å². The van der Waals surface area contributed by atoms with Crippen molar-refractivity contribution >= 4 is 17.9 Å². The molecule has 4 saturated carbocycles. The van der Waals surface area contributed by atoms with Crippen LogP contribution in [-0.2, 0) is 71.2 Å². The van der Waals surface area contributed by atoms with E-state index in [9.17, 15) is 86.2 Å². The van der Waals surface area contributed by atoms with Crippen LogP contribution < -0.4 is 0 Å². The van der Waals surface area contributed by atoms with E-state index in [2.05, 4.69) is 40.7 Å². The number of aliphatic hydroxyl groups excluding tert-OH is 14. The van der Waals surface area contributed by atoms with Gasteiger partial charge in [0.05, 0.1) is 75.2 Å². The molecule has 0 aromatic carbocycles. The molecule has 5 aliphatic carbocycles. The second kappa shape index (κ2) is 26.6. The highest BCUT2D eigenvalue weighted by Crippen LogP contribution is 2.76. The minimum Gasteiger partial charge on any atom is -0.457 e. The maximum absolute atomic E-state index is 15.6. The van der Waals surface area contributed by atoms with Crippen molar-refractivity contribution in [3.05, 3.63) is 11.6 Å². The fraction of sp³-hybridized carbons (Fsp3) is 0.922. The lowest BCUT2D eigenvalue weighted by Gasteiger charge is -2.72. The monoisotopic (exact) mass is 1350 g/mol. The summed E-state index contributed by atoms with van der Waals surface area (Å²) in [5.74, 6) is -4.01. The molecule has 12 fully saturated rings. The van der Waals surface area contributed by atoms with Crippen LogP contribution in [-0.4, -0.2) is 287 Å². The molecule has 12 heterocycles. The summed E-state index contributed by atoms with van der Waals surface area (Å²) in [7, 11) is 0. The van der Waals surface area contributed by atoms with Crippen molar-refractivity contribution in [2.45, 2.75) is 285 Å². The van der Waals surface area contributed by atoms with Crippen LogP contribution in [0.15, 0.2) is 11.6 Å². The van der Waals surface area contributed by atoms with Gasteiger partial charge in [-0.3, -0.25) is 14.4 Å². The van der Waals surface area contributed by atoms with Crippen molar-refractivity contribution in [3.8, 4) is 0 Å². The predicted molar refractivity (Wildman–Crippen MR) is 312 cm³/mol. The van der Waals surface area contributed by atoms with E-state index in [1.807, 2.05) is 6.92 Å². The highest BCUT2D eigenvalue weighted by Gasteiger charge is 2.72. The van der Waals surface area contributed by atoms with E-state index >= 15 is 4.79 Å². The number of esters is 3. The molecule has 12 bridgehead atoms. The summed E-state index contributed by atoms with van der Waals surface area (Å²) in [6.45, 7) is 11.7. The molecule has 94 heavy (non-hydrogen) atoms. The van der Waals surface area contributed by atoms with Crippen LogP contribution in [0.5, 0.6) is 0 Å². The van der Waals surface area contributed by atoms with Gasteiger partial charge < -0.3 is 133 Å². The average Bonchev–Trinajstić information content (AvgIpc) is 0.674. The third kappa shape index (κ3) is 12.4. The van der Waals surface area contributed by atoms with Crippen molar-refractivity contribution in [2.75, 3.05) is 33.0 Å². The summed E-state index contributed by atoms with van der Waals surface area (Å²) >= 11 is 0. The van der Waals surface area contributed by atoms with Gasteiger partial charge in [0.2, 0.25) is 6.29 Å². The van der Waals surface area contributed by atoms with E-state index in [0.29, 0.717) is 51.4 Å². The van der Waals surface area contributed by atoms with Gasteiger partial charge in [-0.15, -0.1) is 0 Å². The van der Waals surface area contributed by atoms with Crippen LogP contribution in [0.25, 0.3) is 0 Å². The third-order valence-electron chi connectivity index (χ3n) is 24.4. The fourth-order valence-corrected chi connectivity index (χ4v) is 18.8. The number of rotatable bonds is 5. The first-order valence-corrected chi connectivity index (χ1v) is 33.2. The summed E-state index contributed by atoms with van der Waals surface area (Å²) in [4.78, 5) is 43.2. The summed E-state index contributed by atoms with van der Waals surface area (Å²) in [6, 6.07) is 0. The molecule has 30 heteroatoms. The summed E-state index contributed by atoms with van der Waals surface area (Å²) in [5.41, 5.74) is -5.62. The Bertz CT molecular complexity index is 2750. The standard InChI is InChI=1S/C64H100O30/c1-26-47-48(90-53-45(79)42(76)39(73)31(21-65)87-53)46(80)54(85-26)92-49-38(72)30(69)23-83-55(49)94-57(81)64-15-13-58(2,3)17-28(64)27-9-10-35-60(5)18-29(68)51(61(6,25-67)34(60)11-12-63(35,8)62(27,7)14-16-64)93-56-50(43(77)40(74)32(22-66)88-56)91-52-44(78)41(75)33(24-84-52)86-36(70)19-59(4,82)20-37(71)89-47/h9,26,28-35,38-56,65-69,72-80,82H,10-25H2,1-8H3/t26-,28-,29-,30-,31+,32+,33-,34+,35+,38-,39+,40+,41-,42-,43-,44+,45+,46+,47-,48-,49+,50+,51-,52-,53-,54-,55-,56-,59-,60-,61-,62+,63+,64-/m0/s1. The van der Waals surface area contributed by atoms with Gasteiger partial charge in [-0.2, -0.15) is 0 Å². The highest BCUT2D eigenvalue weighted by atomic mass is 16.8. The second-order valence-electron chi connectivity index (χ2n) is 31.0. The Morgan fingerprint density at radius 2 is 1.18 bits per heavy atom. The maximum atomic E-state index is 15.6. The Morgan fingerprint density at radius 1 is 0.553 bits per heavy atom. The molecule has 8 saturated heterocycles. The molecule has 12 aliphatic heterocycles. The molecule has 0 amide bonds. The summed E-state index contributed by atoms with van der Waals surface area (Å²) in [5, 5.41) is 170. The van der Waals surface area contributed by atoms with E-state index < -0.39 is 256 Å². The largest absolute Gasteiger partial charge is 0.457 e. The number of aliphatic hydroxyl groups is 15. The summed E-state index contributed by atoms with van der Waals surface area (Å²) in [6.07, 6.45) is -40.0. The van der Waals surface area contributed by atoms with Crippen molar-refractivity contribution in [3.63, 3.8) is 0 Å². The third-order valence-corrected chi connectivity index (χ3v) is 24.4. The fourth-order valence-electron chi connectivity index (χ4n) is 18.8. The zero-order valence-corrected chi connectivity index (χ0v) is 54.4. The van der Waals surface area contributed by atoms with Crippen LogP contribution >= 0.6 is 0 Å². The molecule has 17 rings (SSSR count). The smallest absolute Gasteiger partial charge is 0.315 e. The molecule has 0 radical (unpaired) electrons. The number of ether oxygens (including phenoxy) is 12. The van der Waals surface area contributed by atoms with Gasteiger partial charge in [0.1, 0.15) is 85.5 Å². The molecule has 0 aromatic heterocycles. The number of allylic oxidation sites excluding steroid dienone is 2. The van der Waals surface area contributed by atoms with E-state index in [0.717, 1.165) is 12.5 Å². The molecule has 1 spiro atoms. The highest BCUT2D eigenvalue weighted by molar-refractivity contribution is 5.79. The molecule has 34 atom stereocenters. The van der Waals surface area contributed by atoms with Gasteiger partial charge in [0, 0.05) is 5.41 Å². The Labute approximate surface area is 544 Å². The van der Waals surface area contributed by atoms with Gasteiger partial charge in [-0.1, -0.05) is 53.2 Å². The minimum absolute atomic E-state index is 0.121. The van der Waals surface area contributed by atoms with Crippen molar-refractivity contribution in [1.29, 1.82) is 0 Å². The van der Waals surface area contributed by atoms with Crippen LogP contribution in [0, 0.1) is 50.2 Å². The Balaban J connectivity index is 0.954. The van der Waals surface area contributed by atoms with Crippen LogP contribution in [0.1, 0.15) is 126 Å². The van der Waals surface area contributed by atoms with E-state index in [1.54, 1.807) is 0 Å². The van der Waals surface area contributed by atoms with Gasteiger partial charge in [-0.05, 0) is 111 Å². The van der Waals surface area contributed by atoms with E-state index in [4.69, 9.17) is 56.8 Å².